The second-order valence-corrected chi connectivity index (χ2v) is 3.87. The number of thioether (sulfide) groups is 1. The molecule has 0 N–H and O–H groups in total. The Morgan fingerprint density at radius 1 is 1.00 bits per heavy atom. The molecular formula is C5H2F8S. The van der Waals surface area contributed by atoms with Gasteiger partial charge in [-0.3, -0.25) is 0 Å². The van der Waals surface area contributed by atoms with Crippen LogP contribution in [0.15, 0.2) is 0 Å². The Hall–Kier alpha value is -0.210. The minimum Gasteiger partial charge on any atom is -0.236 e. The molecule has 1 heterocycles. The zero-order chi connectivity index (χ0) is 11.4. The van der Waals surface area contributed by atoms with E-state index in [2.05, 4.69) is 0 Å². The van der Waals surface area contributed by atoms with Crippen molar-refractivity contribution in [3.05, 3.63) is 0 Å². The molecule has 1 rings (SSSR count). The van der Waals surface area contributed by atoms with Gasteiger partial charge in [-0.2, -0.15) is 17.6 Å². The lowest BCUT2D eigenvalue weighted by Gasteiger charge is -2.25. The van der Waals surface area contributed by atoms with E-state index in [1.54, 1.807) is 0 Å². The number of alkyl halides is 8. The third kappa shape index (κ3) is 1.28. The van der Waals surface area contributed by atoms with Crippen LogP contribution < -0.4 is 0 Å². The first-order chi connectivity index (χ1) is 6.06. The quantitative estimate of drug-likeness (QED) is 0.640. The number of rotatable bonds is 1. The summed E-state index contributed by atoms with van der Waals surface area (Å²) in [6.07, 6.45) is -8.75. The molecule has 1 aliphatic heterocycles. The lowest BCUT2D eigenvalue weighted by molar-refractivity contribution is -0.190. The van der Waals surface area contributed by atoms with E-state index in [4.69, 9.17) is 0 Å². The second kappa shape index (κ2) is 2.89. The summed E-state index contributed by atoms with van der Waals surface area (Å²) in [7, 11) is 0. The highest BCUT2D eigenvalue weighted by Gasteiger charge is 2.81. The monoisotopic (exact) mass is 246 g/mol. The fourth-order valence-electron chi connectivity index (χ4n) is 0.931. The molecule has 0 nitrogen and oxygen atoms in total. The van der Waals surface area contributed by atoms with Gasteiger partial charge in [0.05, 0.1) is 0 Å². The highest BCUT2D eigenvalue weighted by molar-refractivity contribution is 8.01. The van der Waals surface area contributed by atoms with Gasteiger partial charge in [-0.1, -0.05) is 0 Å². The highest BCUT2D eigenvalue weighted by Crippen LogP contribution is 2.63. The van der Waals surface area contributed by atoms with Crippen molar-refractivity contribution in [2.75, 3.05) is 0 Å². The maximum absolute atomic E-state index is 12.7. The molecule has 0 spiro atoms. The van der Waals surface area contributed by atoms with Crippen molar-refractivity contribution in [2.24, 2.45) is 0 Å². The average molecular weight is 246 g/mol. The van der Waals surface area contributed by atoms with Crippen molar-refractivity contribution in [1.29, 1.82) is 0 Å². The first-order valence-electron chi connectivity index (χ1n) is 3.12. The van der Waals surface area contributed by atoms with Gasteiger partial charge in [0.1, 0.15) is 0 Å². The maximum Gasteiger partial charge on any atom is 0.341 e. The summed E-state index contributed by atoms with van der Waals surface area (Å²) < 4.78 is 97.9. The van der Waals surface area contributed by atoms with E-state index in [1.165, 1.54) is 0 Å². The average Bonchev–Trinajstić information content (AvgIpc) is 2.08. The van der Waals surface area contributed by atoms with Crippen molar-refractivity contribution in [3.63, 3.8) is 0 Å². The SMILES string of the molecule is FC(F)C1(F)C(F)C(F)(F)SC1(F)F. The van der Waals surface area contributed by atoms with E-state index in [0.29, 0.717) is 0 Å². The van der Waals surface area contributed by atoms with Crippen LogP contribution in [0.25, 0.3) is 0 Å². The van der Waals surface area contributed by atoms with Crippen molar-refractivity contribution in [3.8, 4) is 0 Å². The minimum absolute atomic E-state index is 1.73. The van der Waals surface area contributed by atoms with Gasteiger partial charge >= 0.3 is 10.5 Å². The standard InChI is InChI=1S/C5H2F8S/c6-1-3(9,2(7)8)5(12,13)14-4(1,10)11/h1-2H. The van der Waals surface area contributed by atoms with Gasteiger partial charge in [-0.15, -0.1) is 0 Å². The van der Waals surface area contributed by atoms with E-state index in [0.717, 1.165) is 0 Å². The molecule has 2 atom stereocenters. The van der Waals surface area contributed by atoms with Crippen molar-refractivity contribution < 1.29 is 35.1 Å². The van der Waals surface area contributed by atoms with Crippen LogP contribution in [0.3, 0.4) is 0 Å². The highest BCUT2D eigenvalue weighted by atomic mass is 32.2. The van der Waals surface area contributed by atoms with E-state index in [9.17, 15) is 35.1 Å². The van der Waals surface area contributed by atoms with Gasteiger partial charge in [0.2, 0.25) is 6.17 Å². The van der Waals surface area contributed by atoms with Crippen LogP contribution in [-0.2, 0) is 0 Å². The van der Waals surface area contributed by atoms with Crippen LogP contribution >= 0.6 is 11.8 Å². The minimum atomic E-state index is -5.15. The summed E-state index contributed by atoms with van der Waals surface area (Å²) in [5, 5.41) is -10.0. The number of hydrogen-bond acceptors (Lipinski definition) is 1. The van der Waals surface area contributed by atoms with Crippen LogP contribution in [0, 0.1) is 0 Å². The molecule has 84 valence electrons. The molecule has 1 saturated heterocycles. The van der Waals surface area contributed by atoms with Gasteiger partial charge in [0.25, 0.3) is 12.1 Å². The topological polar surface area (TPSA) is 0 Å². The normalized spacial score (nSPS) is 40.5. The molecule has 0 aliphatic carbocycles. The first-order valence-corrected chi connectivity index (χ1v) is 3.94. The third-order valence-corrected chi connectivity index (χ3v) is 2.74. The largest absolute Gasteiger partial charge is 0.341 e. The van der Waals surface area contributed by atoms with Gasteiger partial charge in [0.15, 0.2) is 0 Å². The summed E-state index contributed by atoms with van der Waals surface area (Å²) in [5.74, 6) is 0. The lowest BCUT2D eigenvalue weighted by atomic mass is 10.0. The molecular weight excluding hydrogens is 244 g/mol. The molecule has 0 aromatic heterocycles. The molecule has 2 unspecified atom stereocenters. The van der Waals surface area contributed by atoms with Crippen LogP contribution in [0.5, 0.6) is 0 Å². The van der Waals surface area contributed by atoms with Crippen LogP contribution in [-0.4, -0.2) is 28.8 Å². The fourth-order valence-corrected chi connectivity index (χ4v) is 1.90. The number of halogens is 8. The van der Waals surface area contributed by atoms with Crippen LogP contribution in [0.2, 0.25) is 0 Å². The zero-order valence-electron chi connectivity index (χ0n) is 6.09. The molecule has 0 amide bonds. The third-order valence-electron chi connectivity index (χ3n) is 1.69. The van der Waals surface area contributed by atoms with Crippen molar-refractivity contribution in [2.45, 2.75) is 28.8 Å². The lowest BCUT2D eigenvalue weighted by Crippen LogP contribution is -2.52. The van der Waals surface area contributed by atoms with Crippen molar-refractivity contribution in [1.82, 2.24) is 0 Å². The van der Waals surface area contributed by atoms with E-state index in [1.807, 2.05) is 0 Å². The van der Waals surface area contributed by atoms with Gasteiger partial charge in [-0.25, -0.2) is 17.6 Å². The second-order valence-electron chi connectivity index (χ2n) is 2.61. The summed E-state index contributed by atoms with van der Waals surface area (Å²) in [6.45, 7) is 0. The Bertz CT molecular complexity index is 240. The molecule has 0 radical (unpaired) electrons. The van der Waals surface area contributed by atoms with Crippen molar-refractivity contribution >= 4 is 11.8 Å². The summed E-state index contributed by atoms with van der Waals surface area (Å²) >= 11 is -1.73. The Morgan fingerprint density at radius 2 is 1.43 bits per heavy atom. The molecule has 0 aromatic rings. The molecule has 0 aromatic carbocycles. The predicted molar refractivity (Wildman–Crippen MR) is 32.2 cm³/mol. The maximum atomic E-state index is 12.7. The summed E-state index contributed by atoms with van der Waals surface area (Å²) in [4.78, 5) is 0. The Labute approximate surface area is 76.6 Å². The molecule has 0 bridgehead atoms. The molecule has 1 fully saturated rings. The van der Waals surface area contributed by atoms with E-state index in [-0.39, 0.29) is 0 Å². The Kier molecular flexibility index (Phi) is 2.45. The van der Waals surface area contributed by atoms with Crippen LogP contribution in [0.4, 0.5) is 35.1 Å². The van der Waals surface area contributed by atoms with Gasteiger partial charge < -0.3 is 0 Å². The molecule has 1 aliphatic rings. The smallest absolute Gasteiger partial charge is 0.236 e. The van der Waals surface area contributed by atoms with Gasteiger partial charge in [-0.05, 0) is 11.8 Å². The molecule has 9 heteroatoms. The molecule has 0 saturated carbocycles. The summed E-state index contributed by atoms with van der Waals surface area (Å²) in [6, 6.07) is 0. The van der Waals surface area contributed by atoms with E-state index < -0.39 is 40.5 Å². The molecule has 14 heavy (non-hydrogen) atoms. The van der Waals surface area contributed by atoms with E-state index >= 15 is 0 Å². The number of hydrogen-bond donors (Lipinski definition) is 0. The Morgan fingerprint density at radius 3 is 1.57 bits per heavy atom. The van der Waals surface area contributed by atoms with Gasteiger partial charge in [0, 0.05) is 0 Å². The zero-order valence-corrected chi connectivity index (χ0v) is 6.90. The van der Waals surface area contributed by atoms with Crippen LogP contribution in [0.1, 0.15) is 0 Å². The Balaban J connectivity index is 3.17. The first kappa shape index (κ1) is 11.9. The summed E-state index contributed by atoms with van der Waals surface area (Å²) in [5.41, 5.74) is -5.14. The predicted octanol–water partition coefficient (Wildman–Crippen LogP) is 3.23. The fraction of sp³-hybridized carbons (Fsp3) is 1.00.